The van der Waals surface area contributed by atoms with Crippen LogP contribution in [0.4, 0.5) is 17.1 Å². The molecule has 0 atom stereocenters. The van der Waals surface area contributed by atoms with Gasteiger partial charge in [-0.15, -0.1) is 0 Å². The maximum atomic E-state index is 6.76. The molecule has 2 aliphatic heterocycles. The lowest BCUT2D eigenvalue weighted by Crippen LogP contribution is -2.32. The number of ether oxygens (including phenoxy) is 2. The summed E-state index contributed by atoms with van der Waals surface area (Å²) in [5, 5.41) is 2.36. The van der Waals surface area contributed by atoms with Crippen LogP contribution in [0.2, 0.25) is 0 Å². The molecule has 3 heteroatoms. The van der Waals surface area contributed by atoms with Gasteiger partial charge in [-0.3, -0.25) is 0 Å². The minimum atomic E-state index is -0.628. The van der Waals surface area contributed by atoms with Gasteiger partial charge in [0.2, 0.25) is 0 Å². The second-order valence-electron chi connectivity index (χ2n) is 18.6. The molecule has 2 heterocycles. The average Bonchev–Trinajstić information content (AvgIpc) is 3.86. The van der Waals surface area contributed by atoms with Gasteiger partial charge in [0.15, 0.2) is 0 Å². The first kappa shape index (κ1) is 38.2. The molecule has 4 aliphatic rings. The molecule has 2 aliphatic carbocycles. The van der Waals surface area contributed by atoms with E-state index in [9.17, 15) is 0 Å². The Hall–Kier alpha value is -8.92. The molecule has 69 heavy (non-hydrogen) atoms. The lowest BCUT2D eigenvalue weighted by atomic mass is 9.66. The monoisotopic (exact) mass is 879 g/mol. The van der Waals surface area contributed by atoms with Crippen molar-refractivity contribution in [1.29, 1.82) is 0 Å². The second kappa shape index (κ2) is 14.3. The Morgan fingerprint density at radius 2 is 0.623 bits per heavy atom. The van der Waals surface area contributed by atoms with Crippen molar-refractivity contribution >= 4 is 27.8 Å². The molecular formula is C66H41NO2. The Balaban J connectivity index is 1.04. The van der Waals surface area contributed by atoms with Gasteiger partial charge < -0.3 is 14.4 Å². The van der Waals surface area contributed by atoms with E-state index in [1.807, 2.05) is 0 Å². The number of fused-ring (bicyclic) bond motifs is 19. The topological polar surface area (TPSA) is 21.7 Å². The Morgan fingerprint density at radius 3 is 1.10 bits per heavy atom. The first-order valence-electron chi connectivity index (χ1n) is 23.8. The summed E-state index contributed by atoms with van der Waals surface area (Å²) in [4.78, 5) is 2.51. The van der Waals surface area contributed by atoms with Gasteiger partial charge in [0, 0.05) is 39.0 Å². The summed E-state index contributed by atoms with van der Waals surface area (Å²) in [5.74, 6) is 3.52. The van der Waals surface area contributed by atoms with Crippen LogP contribution in [-0.4, -0.2) is 0 Å². The maximum absolute atomic E-state index is 6.76. The minimum Gasteiger partial charge on any atom is -0.457 e. The van der Waals surface area contributed by atoms with E-state index >= 15 is 0 Å². The molecule has 0 N–H and O–H groups in total. The van der Waals surface area contributed by atoms with E-state index in [2.05, 4.69) is 254 Å². The van der Waals surface area contributed by atoms with E-state index in [1.54, 1.807) is 0 Å². The van der Waals surface area contributed by atoms with Gasteiger partial charge >= 0.3 is 0 Å². The zero-order chi connectivity index (χ0) is 45.3. The van der Waals surface area contributed by atoms with Crippen molar-refractivity contribution in [1.82, 2.24) is 0 Å². The van der Waals surface area contributed by atoms with Crippen LogP contribution in [0.5, 0.6) is 23.0 Å². The highest BCUT2D eigenvalue weighted by Gasteiger charge is 2.53. The van der Waals surface area contributed by atoms with Gasteiger partial charge in [-0.2, -0.15) is 0 Å². The highest BCUT2D eigenvalue weighted by molar-refractivity contribution is 6.07. The van der Waals surface area contributed by atoms with Crippen molar-refractivity contribution in [3.05, 3.63) is 293 Å². The van der Waals surface area contributed by atoms with E-state index in [4.69, 9.17) is 9.47 Å². The zero-order valence-electron chi connectivity index (χ0n) is 37.4. The number of hydrogen-bond donors (Lipinski definition) is 0. The van der Waals surface area contributed by atoms with Crippen molar-refractivity contribution < 1.29 is 9.47 Å². The third-order valence-corrected chi connectivity index (χ3v) is 15.4. The van der Waals surface area contributed by atoms with Crippen molar-refractivity contribution in [3.8, 4) is 56.4 Å². The van der Waals surface area contributed by atoms with Crippen LogP contribution in [0.25, 0.3) is 44.2 Å². The molecule has 0 amide bonds. The van der Waals surface area contributed by atoms with Crippen molar-refractivity contribution in [2.24, 2.45) is 0 Å². The van der Waals surface area contributed by atoms with Crippen LogP contribution < -0.4 is 14.4 Å². The molecule has 0 fully saturated rings. The summed E-state index contributed by atoms with van der Waals surface area (Å²) in [5.41, 5.74) is 18.9. The second-order valence-corrected chi connectivity index (χ2v) is 18.6. The molecule has 2 spiro atoms. The van der Waals surface area contributed by atoms with E-state index < -0.39 is 10.8 Å². The van der Waals surface area contributed by atoms with E-state index in [0.717, 1.165) is 62.3 Å². The molecule has 3 nitrogen and oxygen atoms in total. The first-order valence-corrected chi connectivity index (χ1v) is 23.8. The van der Waals surface area contributed by atoms with Crippen molar-refractivity contribution in [2.75, 3.05) is 4.90 Å². The Labute approximate surface area is 400 Å². The van der Waals surface area contributed by atoms with Crippen LogP contribution in [-0.2, 0) is 10.8 Å². The summed E-state index contributed by atoms with van der Waals surface area (Å²) in [7, 11) is 0. The van der Waals surface area contributed by atoms with Crippen LogP contribution in [0.3, 0.4) is 0 Å². The molecule has 0 unspecified atom stereocenters. The van der Waals surface area contributed by atoms with Crippen LogP contribution >= 0.6 is 0 Å². The van der Waals surface area contributed by atoms with Crippen LogP contribution in [0.1, 0.15) is 44.5 Å². The number of hydrogen-bond acceptors (Lipinski definition) is 3. The minimum absolute atomic E-state index is 0.628. The fourth-order valence-electron chi connectivity index (χ4n) is 12.7. The summed E-state index contributed by atoms with van der Waals surface area (Å²) >= 11 is 0. The standard InChI is InChI=1S/C66H41NO2/c1-2-18-42(19-3-1)45-38-39-60(51-23-5-4-20-46(45)51)67(43-34-36-49-47-21-6-8-24-52(47)65(58(49)40-43)54-26-10-14-30-61(54)68-62-31-15-11-27-55(62)65)44-35-37-50-48-22-7-9-25-53(48)66(59(50)41-44)56-28-12-16-32-63(56)69-64-33-17-13-29-57(64)66/h1-41H. The van der Waals surface area contributed by atoms with Gasteiger partial charge in [0.05, 0.1) is 16.5 Å². The lowest BCUT2D eigenvalue weighted by molar-refractivity contribution is 0.436. The van der Waals surface area contributed by atoms with Gasteiger partial charge in [0.1, 0.15) is 23.0 Å². The average molecular weight is 880 g/mol. The summed E-state index contributed by atoms with van der Waals surface area (Å²) in [6, 6.07) is 91.1. The Kier molecular flexibility index (Phi) is 7.92. The highest BCUT2D eigenvalue weighted by Crippen LogP contribution is 2.65. The van der Waals surface area contributed by atoms with E-state index in [-0.39, 0.29) is 0 Å². The van der Waals surface area contributed by atoms with Crippen LogP contribution in [0, 0.1) is 0 Å². The van der Waals surface area contributed by atoms with Crippen molar-refractivity contribution in [2.45, 2.75) is 10.8 Å². The van der Waals surface area contributed by atoms with Gasteiger partial charge in [0.25, 0.3) is 0 Å². The zero-order valence-corrected chi connectivity index (χ0v) is 37.4. The molecule has 0 bridgehead atoms. The lowest BCUT2D eigenvalue weighted by Gasteiger charge is -2.40. The molecule has 15 rings (SSSR count). The van der Waals surface area contributed by atoms with Gasteiger partial charge in [-0.05, 0) is 116 Å². The molecule has 0 saturated heterocycles. The van der Waals surface area contributed by atoms with E-state index in [0.29, 0.717) is 0 Å². The number of anilines is 3. The Bertz CT molecular complexity index is 3660. The predicted octanol–water partition coefficient (Wildman–Crippen LogP) is 16.9. The normalized spacial score (nSPS) is 14.3. The number of rotatable bonds is 4. The molecule has 0 aromatic heterocycles. The smallest absolute Gasteiger partial charge is 0.132 e. The molecule has 322 valence electrons. The van der Waals surface area contributed by atoms with E-state index in [1.165, 1.54) is 66.4 Å². The first-order chi connectivity index (χ1) is 34.2. The summed E-state index contributed by atoms with van der Waals surface area (Å²) < 4.78 is 13.5. The summed E-state index contributed by atoms with van der Waals surface area (Å²) in [6.45, 7) is 0. The molecule has 0 saturated carbocycles. The molecule has 0 radical (unpaired) electrons. The third-order valence-electron chi connectivity index (χ3n) is 15.4. The predicted molar refractivity (Wildman–Crippen MR) is 279 cm³/mol. The highest BCUT2D eigenvalue weighted by atomic mass is 16.5. The number of benzene rings is 11. The fraction of sp³-hybridized carbons (Fsp3) is 0.0303. The number of nitrogens with zero attached hydrogens (tertiary/aromatic N) is 1. The third kappa shape index (κ3) is 5.06. The van der Waals surface area contributed by atoms with Gasteiger partial charge in [-0.1, -0.05) is 194 Å². The number of para-hydroxylation sites is 4. The van der Waals surface area contributed by atoms with Gasteiger partial charge in [-0.25, -0.2) is 0 Å². The van der Waals surface area contributed by atoms with Crippen LogP contribution in [0.15, 0.2) is 249 Å². The van der Waals surface area contributed by atoms with Crippen molar-refractivity contribution in [3.63, 3.8) is 0 Å². The summed E-state index contributed by atoms with van der Waals surface area (Å²) in [6.07, 6.45) is 0. The fourth-order valence-corrected chi connectivity index (χ4v) is 12.7. The quantitative estimate of drug-likeness (QED) is 0.176. The molecule has 11 aromatic rings. The maximum Gasteiger partial charge on any atom is 0.132 e. The SMILES string of the molecule is c1ccc(-c2ccc(N(c3ccc4c(c3)C3(c5ccccc5Oc5ccccc53)c3ccccc3-4)c3ccc4c(c3)C3(c5ccccc5Oc5ccccc53)c3ccccc3-4)c3ccccc23)cc1. The molecular weight excluding hydrogens is 839 g/mol. The largest absolute Gasteiger partial charge is 0.457 e. The Morgan fingerprint density at radius 1 is 0.261 bits per heavy atom. The molecule has 11 aromatic carbocycles.